The van der Waals surface area contributed by atoms with Crippen molar-refractivity contribution in [1.82, 2.24) is 14.3 Å². The van der Waals surface area contributed by atoms with Crippen molar-refractivity contribution >= 4 is 44.3 Å². The second-order valence-corrected chi connectivity index (χ2v) is 11.2. The fourth-order valence-electron chi connectivity index (χ4n) is 4.11. The maximum atomic E-state index is 14.0. The molecule has 0 radical (unpaired) electrons. The number of alkyl halides is 1. The summed E-state index contributed by atoms with van der Waals surface area (Å²) < 4.78 is 44.3. The smallest absolute Gasteiger partial charge is 0.267 e. The van der Waals surface area contributed by atoms with Crippen molar-refractivity contribution in [2.45, 2.75) is 58.5 Å². The van der Waals surface area contributed by atoms with Crippen LogP contribution in [0, 0.1) is 3.57 Å². The largest absolute Gasteiger partial charge is 0.382 e. The Hall–Kier alpha value is -1.73. The molecule has 1 unspecified atom stereocenters. The highest BCUT2D eigenvalue weighted by molar-refractivity contribution is 14.1. The number of aryl methyl sites for hydroxylation is 2. The normalized spacial score (nSPS) is 18.0. The molecule has 168 valence electrons. The van der Waals surface area contributed by atoms with Crippen molar-refractivity contribution < 1.29 is 12.8 Å². The molecule has 4 N–H and O–H groups in total. The SMILES string of the molecule is CC(C)NS(=O)(=O)CCn1c(Cc2cc3c(cc2I)CCC3)nc2c1NC(F)N=C2N. The molecule has 0 bridgehead atoms. The summed E-state index contributed by atoms with van der Waals surface area (Å²) in [5, 5.41) is 2.65. The number of benzene rings is 1. The molecule has 1 aliphatic heterocycles. The average Bonchev–Trinajstić information content (AvgIpc) is 3.23. The van der Waals surface area contributed by atoms with Crippen LogP contribution < -0.4 is 15.8 Å². The fraction of sp³-hybridized carbons (Fsp3) is 0.500. The molecule has 0 fully saturated rings. The van der Waals surface area contributed by atoms with Crippen LogP contribution in [0.15, 0.2) is 17.1 Å². The van der Waals surface area contributed by atoms with E-state index in [2.05, 4.69) is 54.7 Å². The van der Waals surface area contributed by atoms with Gasteiger partial charge in [0.1, 0.15) is 17.3 Å². The summed E-state index contributed by atoms with van der Waals surface area (Å²) in [6, 6.07) is 4.22. The number of aromatic nitrogens is 2. The zero-order valence-electron chi connectivity index (χ0n) is 17.5. The molecule has 31 heavy (non-hydrogen) atoms. The van der Waals surface area contributed by atoms with Gasteiger partial charge >= 0.3 is 0 Å². The summed E-state index contributed by atoms with van der Waals surface area (Å²) in [4.78, 5) is 8.32. The van der Waals surface area contributed by atoms with E-state index in [1.807, 2.05) is 0 Å². The van der Waals surface area contributed by atoms with Gasteiger partial charge in [0.05, 0.1) is 5.75 Å². The number of fused-ring (bicyclic) bond motifs is 2. The van der Waals surface area contributed by atoms with E-state index in [1.54, 1.807) is 18.4 Å². The minimum absolute atomic E-state index is 0.00747. The minimum Gasteiger partial charge on any atom is -0.382 e. The van der Waals surface area contributed by atoms with Gasteiger partial charge in [0, 0.05) is 22.6 Å². The number of rotatable bonds is 7. The highest BCUT2D eigenvalue weighted by Crippen LogP contribution is 2.30. The number of imidazole rings is 1. The van der Waals surface area contributed by atoms with Crippen LogP contribution in [-0.2, 0) is 35.8 Å². The quantitative estimate of drug-likeness (QED) is 0.355. The topological polar surface area (TPSA) is 114 Å². The third-order valence-electron chi connectivity index (χ3n) is 5.41. The Balaban J connectivity index is 1.69. The number of hydrogen-bond donors (Lipinski definition) is 3. The molecule has 0 spiro atoms. The third kappa shape index (κ3) is 4.87. The van der Waals surface area contributed by atoms with Gasteiger partial charge in [0.2, 0.25) is 10.0 Å². The monoisotopic (exact) mass is 560 g/mol. The summed E-state index contributed by atoms with van der Waals surface area (Å²) in [6.07, 6.45) is 2.12. The summed E-state index contributed by atoms with van der Waals surface area (Å²) in [7, 11) is -3.50. The van der Waals surface area contributed by atoms with E-state index in [9.17, 15) is 12.8 Å². The predicted molar refractivity (Wildman–Crippen MR) is 128 cm³/mol. The van der Waals surface area contributed by atoms with E-state index in [0.717, 1.165) is 28.4 Å². The predicted octanol–water partition coefficient (Wildman–Crippen LogP) is 2.28. The second-order valence-electron chi connectivity index (χ2n) is 8.21. The highest BCUT2D eigenvalue weighted by atomic mass is 127. The summed E-state index contributed by atoms with van der Waals surface area (Å²) >= 11 is 2.33. The number of amidine groups is 1. The number of nitrogens with zero attached hydrogens (tertiary/aromatic N) is 3. The molecule has 2 aromatic rings. The highest BCUT2D eigenvalue weighted by Gasteiger charge is 2.27. The molecular formula is C20H26FIN6O2S. The first-order valence-corrected chi connectivity index (χ1v) is 13.0. The van der Waals surface area contributed by atoms with E-state index in [0.29, 0.717) is 23.8 Å². The van der Waals surface area contributed by atoms with Crippen LogP contribution in [0.25, 0.3) is 0 Å². The van der Waals surface area contributed by atoms with E-state index in [-0.39, 0.29) is 24.2 Å². The van der Waals surface area contributed by atoms with Crippen LogP contribution >= 0.6 is 22.6 Å². The maximum absolute atomic E-state index is 14.0. The molecule has 0 saturated carbocycles. The van der Waals surface area contributed by atoms with Gasteiger partial charge in [-0.1, -0.05) is 6.07 Å². The van der Waals surface area contributed by atoms with Crippen LogP contribution in [0.3, 0.4) is 0 Å². The lowest BCUT2D eigenvalue weighted by Crippen LogP contribution is -2.34. The molecule has 1 atom stereocenters. The Morgan fingerprint density at radius 3 is 2.77 bits per heavy atom. The van der Waals surface area contributed by atoms with Gasteiger partial charge in [0.25, 0.3) is 6.42 Å². The number of anilines is 1. The maximum Gasteiger partial charge on any atom is 0.267 e. The zero-order chi connectivity index (χ0) is 22.3. The first-order valence-electron chi connectivity index (χ1n) is 10.3. The summed E-state index contributed by atoms with van der Waals surface area (Å²) in [5.74, 6) is 0.845. The Bertz CT molecular complexity index is 1150. The van der Waals surface area contributed by atoms with Gasteiger partial charge in [-0.05, 0) is 78.5 Å². The lowest BCUT2D eigenvalue weighted by molar-refractivity contribution is 0.382. The lowest BCUT2D eigenvalue weighted by atomic mass is 10.0. The van der Waals surface area contributed by atoms with E-state index >= 15 is 0 Å². The molecule has 1 aromatic carbocycles. The van der Waals surface area contributed by atoms with Gasteiger partial charge in [-0.2, -0.15) is 4.39 Å². The Kier molecular flexibility index (Phi) is 6.28. The number of sulfonamides is 1. The van der Waals surface area contributed by atoms with Gasteiger partial charge in [0.15, 0.2) is 5.84 Å². The van der Waals surface area contributed by atoms with Crippen molar-refractivity contribution in [2.24, 2.45) is 10.7 Å². The minimum atomic E-state index is -3.50. The first-order chi connectivity index (χ1) is 14.6. The van der Waals surface area contributed by atoms with Crippen molar-refractivity contribution in [1.29, 1.82) is 0 Å². The number of nitrogens with two attached hydrogens (primary N) is 1. The molecule has 11 heteroatoms. The van der Waals surface area contributed by atoms with Crippen molar-refractivity contribution in [3.05, 3.63) is 43.9 Å². The Morgan fingerprint density at radius 2 is 2.06 bits per heavy atom. The molecule has 1 aromatic heterocycles. The van der Waals surface area contributed by atoms with Crippen LogP contribution in [0.1, 0.15) is 48.5 Å². The van der Waals surface area contributed by atoms with Crippen LogP contribution in [0.4, 0.5) is 10.2 Å². The Morgan fingerprint density at radius 1 is 1.35 bits per heavy atom. The second kappa shape index (κ2) is 8.66. The molecule has 2 heterocycles. The van der Waals surface area contributed by atoms with E-state index in [1.165, 1.54) is 11.1 Å². The van der Waals surface area contributed by atoms with Gasteiger partial charge in [-0.25, -0.2) is 23.1 Å². The zero-order valence-corrected chi connectivity index (χ0v) is 20.4. The first kappa shape index (κ1) is 22.5. The molecule has 0 amide bonds. The summed E-state index contributed by atoms with van der Waals surface area (Å²) in [6.45, 7) is 3.66. The number of hydrogen-bond acceptors (Lipinski definition) is 6. The Labute approximate surface area is 195 Å². The van der Waals surface area contributed by atoms with Crippen LogP contribution in [0.5, 0.6) is 0 Å². The van der Waals surface area contributed by atoms with Gasteiger partial charge in [-0.15, -0.1) is 0 Å². The molecule has 0 saturated heterocycles. The number of aliphatic imine (C=N–C) groups is 1. The van der Waals surface area contributed by atoms with E-state index in [4.69, 9.17) is 5.73 Å². The standard InChI is InChI=1S/C20H26FIN6O2S/c1-11(2)27-31(29,30)7-6-28-16(24-17-18(23)25-20(21)26-19(17)28)10-14-8-12-4-3-5-13(12)9-15(14)22/h8-9,11,20,26-27H,3-7,10H2,1-2H3,(H2,23,25). The lowest BCUT2D eigenvalue weighted by Gasteiger charge is -2.19. The molecule has 4 rings (SSSR count). The molecular weight excluding hydrogens is 534 g/mol. The average molecular weight is 560 g/mol. The van der Waals surface area contributed by atoms with Crippen LogP contribution in [0.2, 0.25) is 0 Å². The van der Waals surface area contributed by atoms with Crippen LogP contribution in [-0.4, -0.2) is 42.0 Å². The molecule has 1 aliphatic carbocycles. The van der Waals surface area contributed by atoms with Crippen molar-refractivity contribution in [3.8, 4) is 0 Å². The number of nitrogens with one attached hydrogen (secondary N) is 2. The van der Waals surface area contributed by atoms with Gasteiger partial charge < -0.3 is 15.6 Å². The van der Waals surface area contributed by atoms with Crippen molar-refractivity contribution in [2.75, 3.05) is 11.1 Å². The van der Waals surface area contributed by atoms with Gasteiger partial charge in [-0.3, -0.25) is 0 Å². The summed E-state index contributed by atoms with van der Waals surface area (Å²) in [5.41, 5.74) is 10.1. The number of halogens is 2. The molecule has 2 aliphatic rings. The van der Waals surface area contributed by atoms with Crippen molar-refractivity contribution in [3.63, 3.8) is 0 Å². The molecule has 8 nitrogen and oxygen atoms in total. The fourth-order valence-corrected chi connectivity index (χ4v) is 6.09. The third-order valence-corrected chi connectivity index (χ3v) is 7.96. The van der Waals surface area contributed by atoms with E-state index < -0.39 is 16.4 Å².